The Balaban J connectivity index is 1.76. The van der Waals surface area contributed by atoms with Gasteiger partial charge in [-0.05, 0) is 30.7 Å². The molecular weight excluding hydrogens is 300 g/mol. The summed E-state index contributed by atoms with van der Waals surface area (Å²) < 4.78 is 0. The number of pyridine rings is 1. The summed E-state index contributed by atoms with van der Waals surface area (Å²) in [5.74, 6) is 0.213. The second-order valence-corrected chi connectivity index (χ2v) is 5.40. The fourth-order valence-corrected chi connectivity index (χ4v) is 2.33. The average molecular weight is 316 g/mol. The molecule has 0 aliphatic carbocycles. The number of hydrogen-bond donors (Lipinski definition) is 1. The van der Waals surface area contributed by atoms with Crippen molar-refractivity contribution in [2.24, 2.45) is 0 Å². The number of nitrogens with one attached hydrogen (secondary N) is 1. The average Bonchev–Trinajstić information content (AvgIpc) is 2.64. The van der Waals surface area contributed by atoms with Gasteiger partial charge in [0.2, 0.25) is 0 Å². The number of amides is 1. The highest BCUT2D eigenvalue weighted by molar-refractivity contribution is 6.10. The van der Waals surface area contributed by atoms with E-state index < -0.39 is 0 Å². The largest absolute Gasteiger partial charge is 0.306 e. The lowest BCUT2D eigenvalue weighted by atomic mass is 10.0. The summed E-state index contributed by atoms with van der Waals surface area (Å²) in [5.41, 5.74) is 2.54. The molecule has 0 saturated heterocycles. The smallest absolute Gasteiger partial charge is 0.256 e. The molecule has 0 aliphatic rings. The summed E-state index contributed by atoms with van der Waals surface area (Å²) in [6.07, 6.45) is 1.63. The molecule has 1 heterocycles. The van der Waals surface area contributed by atoms with E-state index in [4.69, 9.17) is 0 Å². The minimum Gasteiger partial charge on any atom is -0.306 e. The van der Waals surface area contributed by atoms with Crippen LogP contribution in [0.3, 0.4) is 0 Å². The summed E-state index contributed by atoms with van der Waals surface area (Å²) in [6.45, 7) is 1.88. The number of nitrogens with zero attached hydrogens (tertiary/aromatic N) is 1. The molecule has 0 bridgehead atoms. The lowest BCUT2D eigenvalue weighted by Crippen LogP contribution is -2.14. The molecule has 1 amide bonds. The Morgan fingerprint density at radius 1 is 0.792 bits per heavy atom. The number of aromatic nitrogens is 1. The van der Waals surface area contributed by atoms with Crippen LogP contribution in [0.1, 0.15) is 31.8 Å². The van der Waals surface area contributed by atoms with Gasteiger partial charge in [-0.2, -0.15) is 0 Å². The number of rotatable bonds is 4. The Morgan fingerprint density at radius 3 is 2.08 bits per heavy atom. The number of aryl methyl sites for hydroxylation is 1. The van der Waals surface area contributed by atoms with Crippen LogP contribution in [-0.2, 0) is 0 Å². The van der Waals surface area contributed by atoms with Gasteiger partial charge in [-0.25, -0.2) is 4.98 Å². The van der Waals surface area contributed by atoms with E-state index in [1.165, 1.54) is 0 Å². The number of carbonyl (C=O) groups is 2. The zero-order valence-electron chi connectivity index (χ0n) is 13.2. The highest BCUT2D eigenvalue weighted by Crippen LogP contribution is 2.14. The van der Waals surface area contributed by atoms with Gasteiger partial charge >= 0.3 is 0 Å². The van der Waals surface area contributed by atoms with Gasteiger partial charge in [-0.1, -0.05) is 48.5 Å². The van der Waals surface area contributed by atoms with Crippen LogP contribution in [-0.4, -0.2) is 16.7 Å². The molecule has 0 spiro atoms. The maximum atomic E-state index is 12.4. The lowest BCUT2D eigenvalue weighted by Gasteiger charge is -2.07. The van der Waals surface area contributed by atoms with Crippen molar-refractivity contribution in [1.82, 2.24) is 4.98 Å². The van der Waals surface area contributed by atoms with Crippen LogP contribution in [0.25, 0.3) is 0 Å². The number of hydrogen-bond acceptors (Lipinski definition) is 3. The van der Waals surface area contributed by atoms with Crippen LogP contribution in [0.2, 0.25) is 0 Å². The molecule has 118 valence electrons. The lowest BCUT2D eigenvalue weighted by molar-refractivity contribution is 0.101. The molecule has 0 aliphatic heterocycles. The normalized spacial score (nSPS) is 10.2. The SMILES string of the molecule is Cc1cccnc1NC(=O)c1ccc(C(=O)c2ccccc2)cc1. The number of benzene rings is 2. The molecule has 1 aromatic heterocycles. The molecule has 0 fully saturated rings. The van der Waals surface area contributed by atoms with E-state index in [0.717, 1.165) is 5.56 Å². The second-order valence-electron chi connectivity index (χ2n) is 5.40. The van der Waals surface area contributed by atoms with Gasteiger partial charge in [0.1, 0.15) is 5.82 Å². The number of anilines is 1. The van der Waals surface area contributed by atoms with Crippen molar-refractivity contribution in [2.45, 2.75) is 6.92 Å². The first kappa shape index (κ1) is 15.6. The van der Waals surface area contributed by atoms with E-state index in [1.54, 1.807) is 42.6 Å². The summed E-state index contributed by atoms with van der Waals surface area (Å²) >= 11 is 0. The standard InChI is InChI=1S/C20H16N2O2/c1-14-6-5-13-21-19(14)22-20(24)17-11-9-16(10-12-17)18(23)15-7-3-2-4-8-15/h2-13H,1H3,(H,21,22,24). The molecule has 4 heteroatoms. The van der Waals surface area contributed by atoms with E-state index in [1.807, 2.05) is 37.3 Å². The first-order chi connectivity index (χ1) is 11.6. The van der Waals surface area contributed by atoms with Gasteiger partial charge in [0.05, 0.1) is 0 Å². The van der Waals surface area contributed by atoms with Gasteiger partial charge in [-0.15, -0.1) is 0 Å². The number of ketones is 1. The molecule has 0 unspecified atom stereocenters. The molecule has 0 atom stereocenters. The molecule has 0 radical (unpaired) electrons. The molecule has 4 nitrogen and oxygen atoms in total. The van der Waals surface area contributed by atoms with Crippen LogP contribution >= 0.6 is 0 Å². The third-order valence-electron chi connectivity index (χ3n) is 3.69. The van der Waals surface area contributed by atoms with Crippen LogP contribution in [0, 0.1) is 6.92 Å². The van der Waals surface area contributed by atoms with Crippen LogP contribution < -0.4 is 5.32 Å². The number of carbonyl (C=O) groups excluding carboxylic acids is 2. The molecule has 1 N–H and O–H groups in total. The van der Waals surface area contributed by atoms with E-state index in [9.17, 15) is 9.59 Å². The molecule has 3 aromatic rings. The predicted molar refractivity (Wildman–Crippen MR) is 93.2 cm³/mol. The molecular formula is C20H16N2O2. The Morgan fingerprint density at radius 2 is 1.42 bits per heavy atom. The highest BCUT2D eigenvalue weighted by Gasteiger charge is 2.11. The molecule has 2 aromatic carbocycles. The van der Waals surface area contributed by atoms with Gasteiger partial charge in [0, 0.05) is 22.9 Å². The van der Waals surface area contributed by atoms with Crippen molar-refractivity contribution in [1.29, 1.82) is 0 Å². The van der Waals surface area contributed by atoms with Crippen molar-refractivity contribution in [3.05, 3.63) is 95.2 Å². The minimum atomic E-state index is -0.254. The van der Waals surface area contributed by atoms with E-state index in [0.29, 0.717) is 22.5 Å². The monoisotopic (exact) mass is 316 g/mol. The highest BCUT2D eigenvalue weighted by atomic mass is 16.1. The van der Waals surface area contributed by atoms with E-state index >= 15 is 0 Å². The third kappa shape index (κ3) is 3.38. The van der Waals surface area contributed by atoms with Crippen molar-refractivity contribution in [2.75, 3.05) is 5.32 Å². The van der Waals surface area contributed by atoms with Crippen LogP contribution in [0.4, 0.5) is 5.82 Å². The minimum absolute atomic E-state index is 0.0665. The maximum Gasteiger partial charge on any atom is 0.256 e. The van der Waals surface area contributed by atoms with Crippen molar-refractivity contribution < 1.29 is 9.59 Å². The summed E-state index contributed by atoms with van der Waals surface area (Å²) in [7, 11) is 0. The summed E-state index contributed by atoms with van der Waals surface area (Å²) in [5, 5.41) is 2.77. The van der Waals surface area contributed by atoms with Crippen LogP contribution in [0.15, 0.2) is 72.9 Å². The summed E-state index contributed by atoms with van der Waals surface area (Å²) in [6, 6.07) is 19.4. The third-order valence-corrected chi connectivity index (χ3v) is 3.69. The fraction of sp³-hybridized carbons (Fsp3) is 0.0500. The quantitative estimate of drug-likeness (QED) is 0.743. The van der Waals surface area contributed by atoms with Crippen LogP contribution in [0.5, 0.6) is 0 Å². The first-order valence-electron chi connectivity index (χ1n) is 7.58. The Labute approximate surface area is 140 Å². The van der Waals surface area contributed by atoms with Gasteiger partial charge in [0.25, 0.3) is 5.91 Å². The molecule has 3 rings (SSSR count). The Kier molecular flexibility index (Phi) is 4.47. The second kappa shape index (κ2) is 6.87. The maximum absolute atomic E-state index is 12.4. The Hall–Kier alpha value is -3.27. The van der Waals surface area contributed by atoms with Crippen molar-refractivity contribution in [3.8, 4) is 0 Å². The van der Waals surface area contributed by atoms with Crippen molar-refractivity contribution >= 4 is 17.5 Å². The van der Waals surface area contributed by atoms with E-state index in [-0.39, 0.29) is 11.7 Å². The molecule has 24 heavy (non-hydrogen) atoms. The Bertz CT molecular complexity index is 872. The topological polar surface area (TPSA) is 59.1 Å². The fourth-order valence-electron chi connectivity index (χ4n) is 2.33. The van der Waals surface area contributed by atoms with Crippen molar-refractivity contribution in [3.63, 3.8) is 0 Å². The van der Waals surface area contributed by atoms with Gasteiger partial charge in [-0.3, -0.25) is 9.59 Å². The van der Waals surface area contributed by atoms with Gasteiger partial charge in [0.15, 0.2) is 5.78 Å². The molecule has 0 saturated carbocycles. The summed E-state index contributed by atoms with van der Waals surface area (Å²) in [4.78, 5) is 28.8. The first-order valence-corrected chi connectivity index (χ1v) is 7.58. The zero-order chi connectivity index (χ0) is 16.9. The predicted octanol–water partition coefficient (Wildman–Crippen LogP) is 3.87. The van der Waals surface area contributed by atoms with Gasteiger partial charge < -0.3 is 5.32 Å². The zero-order valence-corrected chi connectivity index (χ0v) is 13.2. The van der Waals surface area contributed by atoms with E-state index in [2.05, 4.69) is 10.3 Å².